The van der Waals surface area contributed by atoms with Gasteiger partial charge in [-0.2, -0.15) is 0 Å². The van der Waals surface area contributed by atoms with Crippen molar-refractivity contribution in [1.29, 1.82) is 0 Å². The summed E-state index contributed by atoms with van der Waals surface area (Å²) in [5, 5.41) is 3.29. The minimum atomic E-state index is 0.593. The van der Waals surface area contributed by atoms with Crippen molar-refractivity contribution in [3.05, 3.63) is 51.5 Å². The number of hydrogen-bond acceptors (Lipinski definition) is 3. The molecule has 0 aliphatic heterocycles. The lowest BCUT2D eigenvalue weighted by molar-refractivity contribution is 0.865. The zero-order chi connectivity index (χ0) is 13.0. The Balaban J connectivity index is 2.03. The van der Waals surface area contributed by atoms with E-state index in [1.807, 2.05) is 0 Å². The smallest absolute Gasteiger partial charge is 0.0972 e. The molecule has 0 unspecified atom stereocenters. The summed E-state index contributed by atoms with van der Waals surface area (Å²) in [5.74, 6) is 0.593. The fourth-order valence-electron chi connectivity index (χ4n) is 1.89. The van der Waals surface area contributed by atoms with Crippen LogP contribution in [0, 0.1) is 0 Å². The number of nitrogens with two attached hydrogens (primary N) is 1. The van der Waals surface area contributed by atoms with Crippen molar-refractivity contribution in [1.82, 2.24) is 4.98 Å². The van der Waals surface area contributed by atoms with Gasteiger partial charge in [0, 0.05) is 18.2 Å². The van der Waals surface area contributed by atoms with Crippen molar-refractivity contribution < 1.29 is 0 Å². The Hall–Kier alpha value is -1.19. The summed E-state index contributed by atoms with van der Waals surface area (Å²) >= 11 is 1.73. The predicted octanol–water partition coefficient (Wildman–Crippen LogP) is 3.36. The van der Waals surface area contributed by atoms with Gasteiger partial charge in [0.15, 0.2) is 0 Å². The summed E-state index contributed by atoms with van der Waals surface area (Å²) < 4.78 is 0. The first-order chi connectivity index (χ1) is 8.69. The second-order valence-corrected chi connectivity index (χ2v) is 5.79. The van der Waals surface area contributed by atoms with E-state index in [1.54, 1.807) is 11.3 Å². The molecule has 0 amide bonds. The summed E-state index contributed by atoms with van der Waals surface area (Å²) in [6.07, 6.45) is 1.80. The van der Waals surface area contributed by atoms with E-state index in [0.29, 0.717) is 12.5 Å². The van der Waals surface area contributed by atoms with Crippen molar-refractivity contribution in [3.63, 3.8) is 0 Å². The van der Waals surface area contributed by atoms with Crippen LogP contribution < -0.4 is 5.73 Å². The van der Waals surface area contributed by atoms with Crippen molar-refractivity contribution in [2.75, 3.05) is 6.54 Å². The molecule has 0 saturated heterocycles. The maximum Gasteiger partial charge on any atom is 0.0972 e. The van der Waals surface area contributed by atoms with E-state index in [2.05, 4.69) is 48.5 Å². The molecular formula is C15H20N2S. The Kier molecular flexibility index (Phi) is 4.50. The number of aromatic nitrogens is 1. The topological polar surface area (TPSA) is 38.9 Å². The largest absolute Gasteiger partial charge is 0.330 e. The van der Waals surface area contributed by atoms with E-state index in [9.17, 15) is 0 Å². The summed E-state index contributed by atoms with van der Waals surface area (Å²) in [5.41, 5.74) is 9.37. The van der Waals surface area contributed by atoms with Crippen LogP contribution in [0.1, 0.15) is 41.6 Å². The van der Waals surface area contributed by atoms with Crippen molar-refractivity contribution >= 4 is 11.3 Å². The molecule has 18 heavy (non-hydrogen) atoms. The maximum atomic E-state index is 5.53. The van der Waals surface area contributed by atoms with Crippen LogP contribution in [-0.4, -0.2) is 11.5 Å². The third-order valence-electron chi connectivity index (χ3n) is 3.00. The van der Waals surface area contributed by atoms with E-state index in [1.165, 1.54) is 16.1 Å². The minimum Gasteiger partial charge on any atom is -0.330 e. The van der Waals surface area contributed by atoms with Crippen LogP contribution >= 0.6 is 11.3 Å². The molecule has 1 aromatic heterocycles. The van der Waals surface area contributed by atoms with Crippen LogP contribution in [0.15, 0.2) is 29.6 Å². The highest BCUT2D eigenvalue weighted by atomic mass is 32.1. The Morgan fingerprint density at radius 2 is 1.94 bits per heavy atom. The molecule has 0 atom stereocenters. The highest BCUT2D eigenvalue weighted by molar-refractivity contribution is 7.09. The molecule has 0 aliphatic carbocycles. The first-order valence-corrected chi connectivity index (χ1v) is 7.29. The molecule has 1 heterocycles. The summed E-state index contributed by atoms with van der Waals surface area (Å²) in [4.78, 5) is 4.59. The summed E-state index contributed by atoms with van der Waals surface area (Å²) in [6.45, 7) is 5.11. The van der Waals surface area contributed by atoms with Gasteiger partial charge in [-0.15, -0.1) is 11.3 Å². The molecule has 2 N–H and O–H groups in total. The number of benzene rings is 1. The quantitative estimate of drug-likeness (QED) is 0.895. The van der Waals surface area contributed by atoms with Gasteiger partial charge in [0.05, 0.1) is 10.7 Å². The zero-order valence-corrected chi connectivity index (χ0v) is 11.8. The molecular weight excluding hydrogens is 240 g/mol. The van der Waals surface area contributed by atoms with Crippen molar-refractivity contribution in [3.8, 4) is 0 Å². The average molecular weight is 260 g/mol. The average Bonchev–Trinajstić information content (AvgIpc) is 2.78. The SMILES string of the molecule is CC(C)c1ccc(Cc2nc(CCN)cs2)cc1. The molecule has 2 rings (SSSR count). The second kappa shape index (κ2) is 6.12. The highest BCUT2D eigenvalue weighted by Gasteiger charge is 2.04. The predicted molar refractivity (Wildman–Crippen MR) is 78.2 cm³/mol. The molecule has 3 heteroatoms. The molecule has 0 fully saturated rings. The van der Waals surface area contributed by atoms with E-state index in [0.717, 1.165) is 18.5 Å². The van der Waals surface area contributed by atoms with Crippen molar-refractivity contribution in [2.24, 2.45) is 5.73 Å². The number of hydrogen-bond donors (Lipinski definition) is 1. The van der Waals surface area contributed by atoms with Gasteiger partial charge in [0.2, 0.25) is 0 Å². The number of thiazole rings is 1. The lowest BCUT2D eigenvalue weighted by atomic mass is 10.0. The molecule has 96 valence electrons. The van der Waals surface area contributed by atoms with Crippen LogP contribution in [0.4, 0.5) is 0 Å². The third-order valence-corrected chi connectivity index (χ3v) is 3.90. The molecule has 0 radical (unpaired) electrons. The zero-order valence-electron chi connectivity index (χ0n) is 11.0. The van der Waals surface area contributed by atoms with E-state index < -0.39 is 0 Å². The lowest BCUT2D eigenvalue weighted by Crippen LogP contribution is -2.02. The van der Waals surface area contributed by atoms with Gasteiger partial charge in [-0.25, -0.2) is 4.98 Å². The van der Waals surface area contributed by atoms with Gasteiger partial charge >= 0.3 is 0 Å². The van der Waals surface area contributed by atoms with Gasteiger partial charge in [0.1, 0.15) is 0 Å². The van der Waals surface area contributed by atoms with Crippen LogP contribution in [0.25, 0.3) is 0 Å². The Morgan fingerprint density at radius 3 is 2.56 bits per heavy atom. The highest BCUT2D eigenvalue weighted by Crippen LogP contribution is 2.18. The van der Waals surface area contributed by atoms with Crippen molar-refractivity contribution in [2.45, 2.75) is 32.6 Å². The standard InChI is InChI=1S/C15H20N2S/c1-11(2)13-5-3-12(4-6-13)9-15-17-14(7-8-16)10-18-15/h3-6,10-11H,7-9,16H2,1-2H3. The third kappa shape index (κ3) is 3.40. The van der Waals surface area contributed by atoms with Gasteiger partial charge in [0.25, 0.3) is 0 Å². The Morgan fingerprint density at radius 1 is 1.22 bits per heavy atom. The first-order valence-electron chi connectivity index (χ1n) is 6.41. The van der Waals surface area contributed by atoms with Crippen LogP contribution in [-0.2, 0) is 12.8 Å². The van der Waals surface area contributed by atoms with E-state index in [-0.39, 0.29) is 0 Å². The molecule has 0 aliphatic rings. The van der Waals surface area contributed by atoms with Crippen LogP contribution in [0.2, 0.25) is 0 Å². The van der Waals surface area contributed by atoms with Gasteiger partial charge in [-0.3, -0.25) is 0 Å². The summed E-state index contributed by atoms with van der Waals surface area (Å²) in [7, 11) is 0. The normalized spacial score (nSPS) is 11.1. The van der Waals surface area contributed by atoms with Gasteiger partial charge in [-0.1, -0.05) is 38.1 Å². The van der Waals surface area contributed by atoms with Crippen LogP contribution in [0.3, 0.4) is 0 Å². The molecule has 2 nitrogen and oxygen atoms in total. The molecule has 0 spiro atoms. The monoisotopic (exact) mass is 260 g/mol. The lowest BCUT2D eigenvalue weighted by Gasteiger charge is -2.05. The number of nitrogens with zero attached hydrogens (tertiary/aromatic N) is 1. The fraction of sp³-hybridized carbons (Fsp3) is 0.400. The molecule has 0 saturated carbocycles. The molecule has 1 aromatic carbocycles. The maximum absolute atomic E-state index is 5.53. The minimum absolute atomic E-state index is 0.593. The number of rotatable bonds is 5. The van der Waals surface area contributed by atoms with Gasteiger partial charge in [-0.05, 0) is 23.6 Å². The van der Waals surface area contributed by atoms with E-state index >= 15 is 0 Å². The van der Waals surface area contributed by atoms with Gasteiger partial charge < -0.3 is 5.73 Å². The first kappa shape index (κ1) is 13.2. The fourth-order valence-corrected chi connectivity index (χ4v) is 2.75. The summed E-state index contributed by atoms with van der Waals surface area (Å²) in [6, 6.07) is 8.85. The molecule has 0 bridgehead atoms. The Labute approximate surface area is 113 Å². The van der Waals surface area contributed by atoms with Crippen LogP contribution in [0.5, 0.6) is 0 Å². The second-order valence-electron chi connectivity index (χ2n) is 4.84. The Bertz CT molecular complexity index is 485. The molecule has 2 aromatic rings. The van der Waals surface area contributed by atoms with E-state index in [4.69, 9.17) is 5.73 Å².